The van der Waals surface area contributed by atoms with Gasteiger partial charge in [0, 0.05) is 0 Å². The SMILES string of the molecule is COC(=O)c1cc(OC(F)(F)C(F)(F)S(=O)(=O)[O-])cc(C(=O)OC)c1.[Li+]. The number of carbonyl (C=O) groups is 2. The van der Waals surface area contributed by atoms with Crippen molar-refractivity contribution in [1.29, 1.82) is 0 Å². The molecule has 0 aliphatic carbocycles. The first-order chi connectivity index (χ1) is 11.3. The molecule has 0 heterocycles. The Kier molecular flexibility index (Phi) is 7.68. The van der Waals surface area contributed by atoms with Crippen molar-refractivity contribution < 1.29 is 73.2 Å². The van der Waals surface area contributed by atoms with Crippen molar-refractivity contribution in [2.45, 2.75) is 11.4 Å². The third-order valence-electron chi connectivity index (χ3n) is 2.65. The van der Waals surface area contributed by atoms with Crippen LogP contribution in [0.25, 0.3) is 0 Å². The number of ether oxygens (including phenoxy) is 3. The van der Waals surface area contributed by atoms with Crippen LogP contribution in [-0.4, -0.2) is 50.5 Å². The number of carbonyl (C=O) groups excluding carboxylic acids is 2. The van der Waals surface area contributed by atoms with E-state index in [0.717, 1.165) is 20.3 Å². The first-order valence-corrected chi connectivity index (χ1v) is 7.39. The van der Waals surface area contributed by atoms with Gasteiger partial charge < -0.3 is 18.8 Å². The molecule has 140 valence electrons. The third-order valence-corrected chi connectivity index (χ3v) is 3.51. The predicted octanol–water partition coefficient (Wildman–Crippen LogP) is -1.63. The molecular formula is C12H9F4LiO8S. The molecule has 0 aromatic heterocycles. The number of methoxy groups -OCH3 is 2. The standard InChI is InChI=1S/C12H10F4O8S.Li/c1-22-9(17)6-3-7(10(18)23-2)5-8(4-6)24-11(13,14)12(15,16)25(19,20)21;/h3-5H,1-2H3,(H,19,20,21);/q;+1/p-1. The summed E-state index contributed by atoms with van der Waals surface area (Å²) >= 11 is 0. The van der Waals surface area contributed by atoms with Gasteiger partial charge in [0.15, 0.2) is 10.1 Å². The second-order valence-corrected chi connectivity index (χ2v) is 5.74. The Morgan fingerprint density at radius 3 is 1.65 bits per heavy atom. The van der Waals surface area contributed by atoms with Crippen LogP contribution in [-0.2, 0) is 19.6 Å². The van der Waals surface area contributed by atoms with Crippen LogP contribution in [0.4, 0.5) is 17.6 Å². The predicted molar refractivity (Wildman–Crippen MR) is 69.3 cm³/mol. The molecule has 0 unspecified atom stereocenters. The Hall–Kier alpha value is -1.81. The minimum absolute atomic E-state index is 0. The van der Waals surface area contributed by atoms with Gasteiger partial charge in [0.05, 0.1) is 25.3 Å². The molecule has 0 amide bonds. The fraction of sp³-hybridized carbons (Fsp3) is 0.333. The van der Waals surface area contributed by atoms with E-state index < -0.39 is 50.3 Å². The average molecular weight is 396 g/mol. The summed E-state index contributed by atoms with van der Waals surface area (Å²) in [6.45, 7) is 0. The van der Waals surface area contributed by atoms with Crippen LogP contribution in [0.2, 0.25) is 0 Å². The van der Waals surface area contributed by atoms with Gasteiger partial charge in [-0.2, -0.15) is 17.6 Å². The first kappa shape index (κ1) is 24.2. The van der Waals surface area contributed by atoms with Crippen molar-refractivity contribution in [2.24, 2.45) is 0 Å². The maximum atomic E-state index is 13.4. The molecule has 0 radical (unpaired) electrons. The van der Waals surface area contributed by atoms with E-state index in [9.17, 15) is 40.1 Å². The van der Waals surface area contributed by atoms with Crippen molar-refractivity contribution in [2.75, 3.05) is 14.2 Å². The summed E-state index contributed by atoms with van der Waals surface area (Å²) in [7, 11) is -4.98. The first-order valence-electron chi connectivity index (χ1n) is 5.98. The Bertz CT molecular complexity index is 762. The Morgan fingerprint density at radius 2 is 1.35 bits per heavy atom. The molecule has 1 aromatic rings. The van der Waals surface area contributed by atoms with Gasteiger partial charge in [0.25, 0.3) is 0 Å². The maximum Gasteiger partial charge on any atom is 1.00 e. The fourth-order valence-electron chi connectivity index (χ4n) is 1.48. The van der Waals surface area contributed by atoms with E-state index in [-0.39, 0.29) is 18.9 Å². The van der Waals surface area contributed by atoms with Crippen molar-refractivity contribution in [3.63, 3.8) is 0 Å². The topological polar surface area (TPSA) is 119 Å². The van der Waals surface area contributed by atoms with Gasteiger partial charge in [-0.1, -0.05) is 0 Å². The molecule has 0 atom stereocenters. The molecule has 0 saturated carbocycles. The van der Waals surface area contributed by atoms with Crippen molar-refractivity contribution >= 4 is 22.1 Å². The van der Waals surface area contributed by atoms with Crippen LogP contribution in [0.15, 0.2) is 18.2 Å². The number of hydrogen-bond donors (Lipinski definition) is 0. The van der Waals surface area contributed by atoms with E-state index in [2.05, 4.69) is 14.2 Å². The van der Waals surface area contributed by atoms with Crippen LogP contribution in [0, 0.1) is 0 Å². The molecule has 1 rings (SSSR count). The van der Waals surface area contributed by atoms with Crippen LogP contribution in [0.1, 0.15) is 20.7 Å². The normalized spacial score (nSPS) is 12.0. The zero-order valence-corrected chi connectivity index (χ0v) is 14.2. The molecule has 1 aromatic carbocycles. The number of esters is 2. The molecule has 8 nitrogen and oxygen atoms in total. The number of benzene rings is 1. The van der Waals surface area contributed by atoms with Crippen molar-refractivity contribution in [3.05, 3.63) is 29.3 Å². The summed E-state index contributed by atoms with van der Waals surface area (Å²) in [5.41, 5.74) is -1.13. The second kappa shape index (κ2) is 8.25. The van der Waals surface area contributed by atoms with E-state index in [1.54, 1.807) is 0 Å². The molecule has 0 saturated heterocycles. The molecule has 14 heteroatoms. The van der Waals surface area contributed by atoms with Crippen LogP contribution < -0.4 is 23.6 Å². The Labute approximate surface area is 156 Å². The van der Waals surface area contributed by atoms with E-state index >= 15 is 0 Å². The summed E-state index contributed by atoms with van der Waals surface area (Å²) in [5, 5.41) is -6.12. The Balaban J connectivity index is 0.00000625. The van der Waals surface area contributed by atoms with Gasteiger partial charge in [0.1, 0.15) is 5.75 Å². The largest absolute Gasteiger partial charge is 1.00 e. The molecule has 0 bridgehead atoms. The van der Waals surface area contributed by atoms with Crippen LogP contribution in [0.5, 0.6) is 5.75 Å². The van der Waals surface area contributed by atoms with Crippen LogP contribution in [0.3, 0.4) is 0 Å². The van der Waals surface area contributed by atoms with Crippen LogP contribution >= 0.6 is 0 Å². The zero-order valence-electron chi connectivity index (χ0n) is 13.4. The van der Waals surface area contributed by atoms with Gasteiger partial charge in [0.2, 0.25) is 0 Å². The number of halogens is 4. The number of alkyl halides is 4. The molecule has 0 spiro atoms. The van der Waals surface area contributed by atoms with Gasteiger partial charge in [-0.05, 0) is 18.2 Å². The minimum Gasteiger partial charge on any atom is -0.743 e. The van der Waals surface area contributed by atoms with E-state index in [4.69, 9.17) is 0 Å². The quantitative estimate of drug-likeness (QED) is 0.244. The second-order valence-electron chi connectivity index (χ2n) is 4.32. The third kappa shape index (κ3) is 4.88. The van der Waals surface area contributed by atoms with Crippen molar-refractivity contribution in [1.82, 2.24) is 0 Å². The molecular weight excluding hydrogens is 387 g/mol. The number of rotatable bonds is 6. The summed E-state index contributed by atoms with van der Waals surface area (Å²) in [6.07, 6.45) is -5.80. The summed E-state index contributed by atoms with van der Waals surface area (Å²) < 4.78 is 96.1. The molecule has 0 N–H and O–H groups in total. The van der Waals surface area contributed by atoms with E-state index in [1.165, 1.54) is 0 Å². The molecule has 0 aliphatic heterocycles. The van der Waals surface area contributed by atoms with Gasteiger partial charge in [-0.15, -0.1) is 0 Å². The van der Waals surface area contributed by atoms with Gasteiger partial charge in [-0.25, -0.2) is 18.0 Å². The molecule has 0 aliphatic rings. The smallest absolute Gasteiger partial charge is 0.743 e. The maximum absolute atomic E-state index is 13.4. The summed E-state index contributed by atoms with van der Waals surface area (Å²) in [4.78, 5) is 22.9. The van der Waals surface area contributed by atoms with Crippen molar-refractivity contribution in [3.8, 4) is 5.75 Å². The number of hydrogen-bond acceptors (Lipinski definition) is 8. The molecule has 0 fully saturated rings. The van der Waals surface area contributed by atoms with Gasteiger partial charge >= 0.3 is 42.2 Å². The molecule has 26 heavy (non-hydrogen) atoms. The van der Waals surface area contributed by atoms with Gasteiger partial charge in [-0.3, -0.25) is 0 Å². The monoisotopic (exact) mass is 396 g/mol. The minimum atomic E-state index is -6.78. The average Bonchev–Trinajstić information content (AvgIpc) is 2.51. The zero-order chi connectivity index (χ0) is 19.6. The Morgan fingerprint density at radius 1 is 0.962 bits per heavy atom. The summed E-state index contributed by atoms with van der Waals surface area (Å²) in [6, 6.07) is 1.77. The van der Waals surface area contributed by atoms with E-state index in [1.807, 2.05) is 0 Å². The fourth-order valence-corrected chi connectivity index (χ4v) is 1.82. The van der Waals surface area contributed by atoms with E-state index in [0.29, 0.717) is 12.1 Å². The summed E-state index contributed by atoms with van der Waals surface area (Å²) in [5.74, 6) is -3.51.